The van der Waals surface area contributed by atoms with Gasteiger partial charge in [-0.2, -0.15) is 0 Å². The number of methoxy groups -OCH3 is 1. The lowest BCUT2D eigenvalue weighted by Crippen LogP contribution is -1.98. The van der Waals surface area contributed by atoms with Crippen molar-refractivity contribution in [2.24, 2.45) is 0 Å². The number of ether oxygens (including phenoxy) is 2. The van der Waals surface area contributed by atoms with Gasteiger partial charge in [-0.1, -0.05) is 0 Å². The summed E-state index contributed by atoms with van der Waals surface area (Å²) in [5.41, 5.74) is 0.436. The highest BCUT2D eigenvalue weighted by Gasteiger charge is 2.19. The number of carbonyl (C=O) groups excluding carboxylic acids is 1. The summed E-state index contributed by atoms with van der Waals surface area (Å²) in [6.07, 6.45) is 1.16. The van der Waals surface area contributed by atoms with Crippen LogP contribution in [0.2, 0.25) is 0 Å². The van der Waals surface area contributed by atoms with Crippen LogP contribution in [0.3, 0.4) is 0 Å². The van der Waals surface area contributed by atoms with Gasteiger partial charge in [0.2, 0.25) is 0 Å². The van der Waals surface area contributed by atoms with Crippen LogP contribution in [0, 0.1) is 0 Å². The van der Waals surface area contributed by atoms with Crippen molar-refractivity contribution in [1.29, 1.82) is 0 Å². The van der Waals surface area contributed by atoms with Gasteiger partial charge >= 0.3 is 0 Å². The molecule has 4 heteroatoms. The first-order valence-corrected chi connectivity index (χ1v) is 4.79. The molecule has 1 N–H and O–H groups in total. The Hall–Kier alpha value is -1.71. The molecule has 0 bridgehead atoms. The highest BCUT2D eigenvalue weighted by Crippen LogP contribution is 2.35. The van der Waals surface area contributed by atoms with E-state index in [0.29, 0.717) is 36.5 Å². The second-order valence-corrected chi connectivity index (χ2v) is 3.40. The van der Waals surface area contributed by atoms with E-state index < -0.39 is 0 Å². The summed E-state index contributed by atoms with van der Waals surface area (Å²) in [4.78, 5) is 11.6. The molecule has 4 nitrogen and oxygen atoms in total. The molecule has 0 aromatic heterocycles. The zero-order chi connectivity index (χ0) is 10.8. The Balaban J connectivity index is 2.51. The number of aromatic hydroxyl groups is 1. The predicted molar refractivity (Wildman–Crippen MR) is 53.7 cm³/mol. The van der Waals surface area contributed by atoms with Crippen LogP contribution in [0.5, 0.6) is 17.2 Å². The molecule has 1 aliphatic heterocycles. The van der Waals surface area contributed by atoms with Crippen LogP contribution in [0.4, 0.5) is 0 Å². The van der Waals surface area contributed by atoms with Crippen molar-refractivity contribution in [1.82, 2.24) is 0 Å². The van der Waals surface area contributed by atoms with Crippen molar-refractivity contribution in [2.75, 3.05) is 13.7 Å². The van der Waals surface area contributed by atoms with Crippen LogP contribution in [0.25, 0.3) is 0 Å². The lowest BCUT2D eigenvalue weighted by molar-refractivity contribution is 0.0982. The Morgan fingerprint density at radius 1 is 1.47 bits per heavy atom. The summed E-state index contributed by atoms with van der Waals surface area (Å²) < 4.78 is 10.4. The second kappa shape index (κ2) is 3.81. The maximum atomic E-state index is 11.6. The molecule has 0 aliphatic carbocycles. The minimum absolute atomic E-state index is 0.000420. The van der Waals surface area contributed by atoms with Gasteiger partial charge in [-0.15, -0.1) is 0 Å². The highest BCUT2D eigenvalue weighted by atomic mass is 16.5. The Morgan fingerprint density at radius 3 is 3.00 bits per heavy atom. The van der Waals surface area contributed by atoms with Crippen LogP contribution in [0.1, 0.15) is 23.2 Å². The molecule has 15 heavy (non-hydrogen) atoms. The van der Waals surface area contributed by atoms with Gasteiger partial charge in [0.1, 0.15) is 5.75 Å². The van der Waals surface area contributed by atoms with Crippen molar-refractivity contribution < 1.29 is 19.4 Å². The van der Waals surface area contributed by atoms with E-state index in [4.69, 9.17) is 9.47 Å². The number of benzene rings is 1. The maximum absolute atomic E-state index is 11.6. The number of fused-ring (bicyclic) bond motifs is 1. The van der Waals surface area contributed by atoms with E-state index >= 15 is 0 Å². The monoisotopic (exact) mass is 208 g/mol. The lowest BCUT2D eigenvalue weighted by atomic mass is 10.1. The fraction of sp³-hybridized carbons (Fsp3) is 0.364. The molecule has 0 radical (unpaired) electrons. The molecular formula is C11H12O4. The van der Waals surface area contributed by atoms with Crippen LogP contribution in [-0.2, 0) is 0 Å². The van der Waals surface area contributed by atoms with Gasteiger partial charge in [0.25, 0.3) is 0 Å². The number of Topliss-reactive ketones (excluding diaryl/α,β-unsaturated/α-hetero) is 1. The molecule has 80 valence electrons. The number of rotatable bonds is 1. The smallest absolute Gasteiger partial charge is 0.166 e. The third-order valence-electron chi connectivity index (χ3n) is 2.39. The quantitative estimate of drug-likeness (QED) is 0.764. The number of ketones is 1. The number of phenols is 1. The summed E-state index contributed by atoms with van der Waals surface area (Å²) in [6, 6.07) is 2.95. The van der Waals surface area contributed by atoms with E-state index in [0.717, 1.165) is 0 Å². The summed E-state index contributed by atoms with van der Waals surface area (Å²) in [5.74, 6) is 0.783. The zero-order valence-electron chi connectivity index (χ0n) is 8.45. The fourth-order valence-corrected chi connectivity index (χ4v) is 1.60. The summed E-state index contributed by atoms with van der Waals surface area (Å²) in [6.45, 7) is 0.521. The Labute approximate surface area is 87.4 Å². The second-order valence-electron chi connectivity index (χ2n) is 3.40. The SMILES string of the molecule is COc1cc2c(cc1O)C(=O)CCCO2. The van der Waals surface area contributed by atoms with E-state index in [1.165, 1.54) is 13.2 Å². The molecule has 1 aromatic rings. The molecule has 1 heterocycles. The van der Waals surface area contributed by atoms with Crippen molar-refractivity contribution in [3.63, 3.8) is 0 Å². The van der Waals surface area contributed by atoms with Gasteiger partial charge in [0.05, 0.1) is 19.3 Å². The van der Waals surface area contributed by atoms with Crippen molar-refractivity contribution >= 4 is 5.78 Å². The zero-order valence-corrected chi connectivity index (χ0v) is 8.45. The third kappa shape index (κ3) is 1.75. The third-order valence-corrected chi connectivity index (χ3v) is 2.39. The minimum atomic E-state index is -0.0323. The van der Waals surface area contributed by atoms with Gasteiger partial charge in [-0.05, 0) is 12.5 Å². The van der Waals surface area contributed by atoms with E-state index in [9.17, 15) is 9.90 Å². The number of carbonyl (C=O) groups is 1. The molecule has 0 unspecified atom stereocenters. The minimum Gasteiger partial charge on any atom is -0.504 e. The van der Waals surface area contributed by atoms with Gasteiger partial charge in [0, 0.05) is 12.5 Å². The largest absolute Gasteiger partial charge is 0.504 e. The highest BCUT2D eigenvalue weighted by molar-refractivity contribution is 5.99. The average molecular weight is 208 g/mol. The molecular weight excluding hydrogens is 196 g/mol. The van der Waals surface area contributed by atoms with Crippen molar-refractivity contribution in [2.45, 2.75) is 12.8 Å². The number of phenolic OH excluding ortho intramolecular Hbond substituents is 1. The molecule has 0 saturated heterocycles. The molecule has 0 fully saturated rings. The Bertz CT molecular complexity index is 398. The van der Waals surface area contributed by atoms with Gasteiger partial charge < -0.3 is 14.6 Å². The standard InChI is InChI=1S/C11H12O4/c1-14-11-6-10-7(5-9(11)13)8(12)3-2-4-15-10/h5-6,13H,2-4H2,1H3. The maximum Gasteiger partial charge on any atom is 0.166 e. The number of hydrogen-bond donors (Lipinski definition) is 1. The van der Waals surface area contributed by atoms with Crippen LogP contribution >= 0.6 is 0 Å². The molecule has 0 amide bonds. The number of hydrogen-bond acceptors (Lipinski definition) is 4. The van der Waals surface area contributed by atoms with Gasteiger partial charge in [-0.3, -0.25) is 4.79 Å². The first kappa shape index (κ1) is 9.83. The summed E-state index contributed by atoms with van der Waals surface area (Å²) >= 11 is 0. The lowest BCUT2D eigenvalue weighted by Gasteiger charge is -2.09. The molecule has 1 aliphatic rings. The fourth-order valence-electron chi connectivity index (χ4n) is 1.60. The van der Waals surface area contributed by atoms with Crippen LogP contribution in [0.15, 0.2) is 12.1 Å². The van der Waals surface area contributed by atoms with E-state index in [1.54, 1.807) is 6.07 Å². The first-order valence-electron chi connectivity index (χ1n) is 4.79. The van der Waals surface area contributed by atoms with Gasteiger partial charge in [-0.25, -0.2) is 0 Å². The molecule has 2 rings (SSSR count). The predicted octanol–water partition coefficient (Wildman–Crippen LogP) is 1.76. The molecule has 1 aromatic carbocycles. The normalized spacial score (nSPS) is 15.1. The topological polar surface area (TPSA) is 55.8 Å². The first-order chi connectivity index (χ1) is 7.22. The summed E-state index contributed by atoms with van der Waals surface area (Å²) in [7, 11) is 1.46. The summed E-state index contributed by atoms with van der Waals surface area (Å²) in [5, 5.41) is 9.54. The molecule has 0 saturated carbocycles. The average Bonchev–Trinajstić information content (AvgIpc) is 2.40. The molecule has 0 atom stereocenters. The van der Waals surface area contributed by atoms with E-state index in [2.05, 4.69) is 0 Å². The van der Waals surface area contributed by atoms with E-state index in [1.807, 2.05) is 0 Å². The van der Waals surface area contributed by atoms with Crippen LogP contribution in [-0.4, -0.2) is 24.6 Å². The van der Waals surface area contributed by atoms with E-state index in [-0.39, 0.29) is 11.5 Å². The van der Waals surface area contributed by atoms with Crippen molar-refractivity contribution in [3.8, 4) is 17.2 Å². The van der Waals surface area contributed by atoms with Crippen LogP contribution < -0.4 is 9.47 Å². The Morgan fingerprint density at radius 2 is 2.27 bits per heavy atom. The van der Waals surface area contributed by atoms with Gasteiger partial charge in [0.15, 0.2) is 17.3 Å². The van der Waals surface area contributed by atoms with Crippen molar-refractivity contribution in [3.05, 3.63) is 17.7 Å². The molecule has 0 spiro atoms. The Kier molecular flexibility index (Phi) is 2.49.